The number of anilines is 1. The van der Waals surface area contributed by atoms with Gasteiger partial charge in [0.15, 0.2) is 11.6 Å². The summed E-state index contributed by atoms with van der Waals surface area (Å²) in [5.74, 6) is -2.36. The van der Waals surface area contributed by atoms with Gasteiger partial charge < -0.3 is 5.32 Å². The Morgan fingerprint density at radius 3 is 2.52 bits per heavy atom. The van der Waals surface area contributed by atoms with E-state index in [1.807, 2.05) is 30.3 Å². The molecule has 27 heavy (non-hydrogen) atoms. The molecule has 0 atom stereocenters. The number of nitrogens with one attached hydrogen (secondary N) is 1. The number of hydrogen-bond acceptors (Lipinski definition) is 3. The Morgan fingerprint density at radius 2 is 1.78 bits per heavy atom. The summed E-state index contributed by atoms with van der Waals surface area (Å²) in [7, 11) is 0. The van der Waals surface area contributed by atoms with E-state index in [-0.39, 0.29) is 30.1 Å². The number of aryl methyl sites for hydroxylation is 1. The molecule has 1 aromatic heterocycles. The molecule has 5 nitrogen and oxygen atoms in total. The van der Waals surface area contributed by atoms with Crippen LogP contribution in [0.15, 0.2) is 65.5 Å². The van der Waals surface area contributed by atoms with Crippen LogP contribution in [0.3, 0.4) is 0 Å². The average Bonchev–Trinajstić information content (AvgIpc) is 2.67. The average molecular weight is 369 g/mol. The van der Waals surface area contributed by atoms with E-state index < -0.39 is 11.6 Å². The van der Waals surface area contributed by atoms with Crippen molar-refractivity contribution in [3.05, 3.63) is 82.7 Å². The molecule has 3 aromatic rings. The topological polar surface area (TPSA) is 64.0 Å². The van der Waals surface area contributed by atoms with Crippen molar-refractivity contribution >= 4 is 11.6 Å². The zero-order valence-electron chi connectivity index (χ0n) is 14.4. The lowest BCUT2D eigenvalue weighted by atomic mass is 10.1. The van der Waals surface area contributed by atoms with Crippen molar-refractivity contribution in [2.75, 3.05) is 5.32 Å². The van der Waals surface area contributed by atoms with Gasteiger partial charge in [-0.1, -0.05) is 30.3 Å². The summed E-state index contributed by atoms with van der Waals surface area (Å²) in [5.41, 5.74) is 1.49. The number of carbonyl (C=O) groups excluding carboxylic acids is 1. The SMILES string of the molecule is O=C(CCCn1nc(-c2ccccc2)ccc1=O)Nc1ccc(F)c(F)c1. The maximum atomic E-state index is 13.2. The fourth-order valence-electron chi connectivity index (χ4n) is 2.56. The third-order valence-corrected chi connectivity index (χ3v) is 3.91. The summed E-state index contributed by atoms with van der Waals surface area (Å²) in [6.45, 7) is 0.269. The molecule has 0 saturated carbocycles. The van der Waals surface area contributed by atoms with E-state index in [1.165, 1.54) is 16.8 Å². The van der Waals surface area contributed by atoms with Crippen LogP contribution in [0.25, 0.3) is 11.3 Å². The highest BCUT2D eigenvalue weighted by atomic mass is 19.2. The first-order valence-corrected chi connectivity index (χ1v) is 8.41. The third-order valence-electron chi connectivity index (χ3n) is 3.91. The number of halogens is 2. The molecule has 1 heterocycles. The first kappa shape index (κ1) is 18.4. The first-order chi connectivity index (χ1) is 13.0. The van der Waals surface area contributed by atoms with Crippen molar-refractivity contribution in [1.29, 1.82) is 0 Å². The van der Waals surface area contributed by atoms with Crippen LogP contribution in [0.4, 0.5) is 14.5 Å². The zero-order chi connectivity index (χ0) is 19.2. The van der Waals surface area contributed by atoms with Gasteiger partial charge in [0.1, 0.15) is 0 Å². The van der Waals surface area contributed by atoms with Crippen LogP contribution in [-0.4, -0.2) is 15.7 Å². The van der Waals surface area contributed by atoms with Crippen molar-refractivity contribution in [3.8, 4) is 11.3 Å². The molecule has 0 saturated heterocycles. The van der Waals surface area contributed by atoms with Crippen LogP contribution >= 0.6 is 0 Å². The smallest absolute Gasteiger partial charge is 0.266 e. The third kappa shape index (κ3) is 4.84. The van der Waals surface area contributed by atoms with E-state index in [2.05, 4.69) is 10.4 Å². The number of carbonyl (C=O) groups is 1. The molecule has 0 fully saturated rings. The maximum Gasteiger partial charge on any atom is 0.266 e. The summed E-state index contributed by atoms with van der Waals surface area (Å²) in [5, 5.41) is 6.82. The molecule has 0 aliphatic carbocycles. The van der Waals surface area contributed by atoms with Gasteiger partial charge >= 0.3 is 0 Å². The number of amides is 1. The minimum Gasteiger partial charge on any atom is -0.326 e. The summed E-state index contributed by atoms with van der Waals surface area (Å²) in [4.78, 5) is 23.9. The fraction of sp³-hybridized carbons (Fsp3) is 0.150. The second kappa shape index (κ2) is 8.35. The highest BCUT2D eigenvalue weighted by molar-refractivity contribution is 5.90. The molecule has 0 bridgehead atoms. The van der Waals surface area contributed by atoms with Crippen molar-refractivity contribution < 1.29 is 13.6 Å². The molecule has 1 amide bonds. The minimum atomic E-state index is -1.03. The highest BCUT2D eigenvalue weighted by Gasteiger charge is 2.08. The van der Waals surface area contributed by atoms with Crippen LogP contribution in [0.2, 0.25) is 0 Å². The highest BCUT2D eigenvalue weighted by Crippen LogP contribution is 2.15. The monoisotopic (exact) mass is 369 g/mol. The molecule has 3 rings (SSSR count). The van der Waals surface area contributed by atoms with Gasteiger partial charge in [0.05, 0.1) is 5.69 Å². The number of benzene rings is 2. The van der Waals surface area contributed by atoms with Gasteiger partial charge in [-0.15, -0.1) is 0 Å². The van der Waals surface area contributed by atoms with E-state index in [1.54, 1.807) is 6.07 Å². The lowest BCUT2D eigenvalue weighted by Gasteiger charge is -2.08. The molecule has 0 radical (unpaired) electrons. The van der Waals surface area contributed by atoms with Gasteiger partial charge in [0.25, 0.3) is 5.56 Å². The molecule has 2 aromatic carbocycles. The van der Waals surface area contributed by atoms with Gasteiger partial charge in [-0.25, -0.2) is 13.5 Å². The van der Waals surface area contributed by atoms with Crippen LogP contribution < -0.4 is 10.9 Å². The van der Waals surface area contributed by atoms with E-state index in [9.17, 15) is 18.4 Å². The van der Waals surface area contributed by atoms with Crippen molar-refractivity contribution in [3.63, 3.8) is 0 Å². The normalized spacial score (nSPS) is 10.6. The number of aromatic nitrogens is 2. The quantitative estimate of drug-likeness (QED) is 0.722. The zero-order valence-corrected chi connectivity index (χ0v) is 14.4. The Morgan fingerprint density at radius 1 is 1.00 bits per heavy atom. The minimum absolute atomic E-state index is 0.114. The van der Waals surface area contributed by atoms with Crippen LogP contribution in [0.5, 0.6) is 0 Å². The van der Waals surface area contributed by atoms with Gasteiger partial charge in [-0.05, 0) is 24.6 Å². The molecular formula is C20H17F2N3O2. The molecule has 0 unspecified atom stereocenters. The number of rotatable bonds is 6. The molecule has 138 valence electrons. The van der Waals surface area contributed by atoms with E-state index in [0.717, 1.165) is 17.7 Å². The molecule has 7 heteroatoms. The summed E-state index contributed by atoms with van der Waals surface area (Å²) < 4.78 is 27.4. The lowest BCUT2D eigenvalue weighted by Crippen LogP contribution is -2.23. The van der Waals surface area contributed by atoms with Gasteiger partial charge in [-0.3, -0.25) is 9.59 Å². The molecule has 0 aliphatic heterocycles. The van der Waals surface area contributed by atoms with Gasteiger partial charge in [0, 0.05) is 36.3 Å². The fourth-order valence-corrected chi connectivity index (χ4v) is 2.56. The predicted molar refractivity (Wildman–Crippen MR) is 98.2 cm³/mol. The summed E-state index contributed by atoms with van der Waals surface area (Å²) in [6, 6.07) is 15.7. The standard InChI is InChI=1S/C20H17F2N3O2/c21-16-9-8-15(13-17(16)22)23-19(26)7-4-12-25-20(27)11-10-18(24-25)14-5-2-1-3-6-14/h1-3,5-6,8-11,13H,4,7,12H2,(H,23,26). The molecule has 0 spiro atoms. The Labute approximate surface area is 154 Å². The lowest BCUT2D eigenvalue weighted by molar-refractivity contribution is -0.116. The summed E-state index contributed by atoms with van der Waals surface area (Å²) in [6.07, 6.45) is 0.489. The largest absolute Gasteiger partial charge is 0.326 e. The second-order valence-electron chi connectivity index (χ2n) is 5.93. The summed E-state index contributed by atoms with van der Waals surface area (Å²) >= 11 is 0. The molecular weight excluding hydrogens is 352 g/mol. The Bertz CT molecular complexity index is 1000. The number of hydrogen-bond donors (Lipinski definition) is 1. The Kier molecular flexibility index (Phi) is 5.71. The molecule has 1 N–H and O–H groups in total. The number of nitrogens with zero attached hydrogens (tertiary/aromatic N) is 2. The van der Waals surface area contributed by atoms with Crippen molar-refractivity contribution in [2.45, 2.75) is 19.4 Å². The Hall–Kier alpha value is -3.35. The van der Waals surface area contributed by atoms with Crippen LogP contribution in [-0.2, 0) is 11.3 Å². The maximum absolute atomic E-state index is 13.2. The predicted octanol–water partition coefficient (Wildman–Crippen LogP) is 3.61. The molecule has 0 aliphatic rings. The van der Waals surface area contributed by atoms with E-state index in [0.29, 0.717) is 12.1 Å². The van der Waals surface area contributed by atoms with Crippen LogP contribution in [0, 0.1) is 11.6 Å². The van der Waals surface area contributed by atoms with Gasteiger partial charge in [-0.2, -0.15) is 5.10 Å². The first-order valence-electron chi connectivity index (χ1n) is 8.41. The van der Waals surface area contributed by atoms with Crippen LogP contribution in [0.1, 0.15) is 12.8 Å². The second-order valence-corrected chi connectivity index (χ2v) is 5.93. The Balaban J connectivity index is 1.59. The van der Waals surface area contributed by atoms with E-state index >= 15 is 0 Å². The van der Waals surface area contributed by atoms with Crippen molar-refractivity contribution in [1.82, 2.24) is 9.78 Å². The van der Waals surface area contributed by atoms with Gasteiger partial charge in [0.2, 0.25) is 5.91 Å². The van der Waals surface area contributed by atoms with E-state index in [4.69, 9.17) is 0 Å². The van der Waals surface area contributed by atoms with Crippen molar-refractivity contribution in [2.24, 2.45) is 0 Å².